The molecule has 0 spiro atoms. The predicted octanol–water partition coefficient (Wildman–Crippen LogP) is 9.49. The van der Waals surface area contributed by atoms with Crippen LogP contribution in [0.4, 0.5) is 0 Å². The van der Waals surface area contributed by atoms with Crippen LogP contribution in [0.15, 0.2) is 85.1 Å². The van der Waals surface area contributed by atoms with Crippen LogP contribution in [-0.4, -0.2) is 193 Å². The summed E-state index contributed by atoms with van der Waals surface area (Å²) in [6.07, 6.45) is 41.8. The number of carbonyl (C=O) groups excluding carboxylic acids is 1. The Kier molecular flexibility index (Phi) is 48.0. The maximum Gasteiger partial charge on any atom is 0.220 e. The molecule has 3 aliphatic heterocycles. The molecule has 3 saturated heterocycles. The van der Waals surface area contributed by atoms with Gasteiger partial charge in [0, 0.05) is 6.42 Å². The van der Waals surface area contributed by atoms with Gasteiger partial charge in [0.05, 0.1) is 38.6 Å². The summed E-state index contributed by atoms with van der Waals surface area (Å²) in [5.41, 5.74) is 0. The summed E-state index contributed by atoms with van der Waals surface area (Å²) < 4.78 is 34.2. The summed E-state index contributed by atoms with van der Waals surface area (Å²) in [5.74, 6) is -0.291. The largest absolute Gasteiger partial charge is 0.394 e. The summed E-state index contributed by atoms with van der Waals surface area (Å²) in [7, 11) is 0. The molecule has 17 unspecified atom stereocenters. The average Bonchev–Trinajstić information content (AvgIpc) is 1.05. The Hall–Kier alpha value is -3.03. The van der Waals surface area contributed by atoms with Crippen molar-refractivity contribution in [1.82, 2.24) is 5.32 Å². The molecule has 0 bridgehead atoms. The Morgan fingerprint density at radius 2 is 0.769 bits per heavy atom. The van der Waals surface area contributed by atoms with E-state index in [2.05, 4.69) is 92.1 Å². The third kappa shape index (κ3) is 35.0. The lowest BCUT2D eigenvalue weighted by Crippen LogP contribution is -2.66. The van der Waals surface area contributed by atoms with Gasteiger partial charge in [-0.05, 0) is 77.0 Å². The van der Waals surface area contributed by atoms with E-state index in [9.17, 15) is 61.0 Å². The zero-order valence-electron chi connectivity index (χ0n) is 55.5. The van der Waals surface area contributed by atoms with Gasteiger partial charge < -0.3 is 89.9 Å². The molecule has 3 heterocycles. The summed E-state index contributed by atoms with van der Waals surface area (Å²) in [6, 6.07) is -0.997. The van der Waals surface area contributed by atoms with Crippen LogP contribution in [-0.2, 0) is 33.2 Å². The lowest BCUT2D eigenvalue weighted by molar-refractivity contribution is -0.379. The number of rotatable bonds is 53. The lowest BCUT2D eigenvalue weighted by atomic mass is 9.96. The van der Waals surface area contributed by atoms with Crippen molar-refractivity contribution in [3.8, 4) is 0 Å². The minimum Gasteiger partial charge on any atom is -0.394 e. The molecule has 17 atom stereocenters. The molecule has 12 N–H and O–H groups in total. The average molecular weight is 1290 g/mol. The Labute approximate surface area is 546 Å². The van der Waals surface area contributed by atoms with E-state index in [1.165, 1.54) is 122 Å². The van der Waals surface area contributed by atoms with Crippen LogP contribution in [0.2, 0.25) is 0 Å². The van der Waals surface area contributed by atoms with Gasteiger partial charge in [-0.2, -0.15) is 0 Å². The van der Waals surface area contributed by atoms with Crippen LogP contribution >= 0.6 is 0 Å². The molecule has 3 aliphatic rings. The molecule has 0 radical (unpaired) electrons. The molecule has 3 rings (SSSR count). The molecule has 526 valence electrons. The number of nitrogens with one attached hydrogen (secondary N) is 1. The molecule has 0 aromatic heterocycles. The maximum absolute atomic E-state index is 13.4. The van der Waals surface area contributed by atoms with Gasteiger partial charge in [-0.1, -0.05) is 234 Å². The highest BCUT2D eigenvalue weighted by molar-refractivity contribution is 5.76. The Balaban J connectivity index is 1.32. The quantitative estimate of drug-likeness (QED) is 0.0199. The van der Waals surface area contributed by atoms with Crippen molar-refractivity contribution in [2.24, 2.45) is 0 Å². The zero-order valence-corrected chi connectivity index (χ0v) is 55.5. The zero-order chi connectivity index (χ0) is 66.1. The third-order valence-electron chi connectivity index (χ3n) is 17.1. The second-order valence-corrected chi connectivity index (χ2v) is 24.9. The van der Waals surface area contributed by atoms with E-state index in [4.69, 9.17) is 28.4 Å². The lowest BCUT2D eigenvalue weighted by Gasteiger charge is -2.48. The van der Waals surface area contributed by atoms with E-state index >= 15 is 0 Å². The van der Waals surface area contributed by atoms with Gasteiger partial charge in [-0.3, -0.25) is 4.79 Å². The van der Waals surface area contributed by atoms with Crippen molar-refractivity contribution >= 4 is 5.91 Å². The maximum atomic E-state index is 13.4. The molecule has 0 aromatic rings. The fraction of sp³-hybridized carbons (Fsp3) is 0.792. The summed E-state index contributed by atoms with van der Waals surface area (Å²) in [6.45, 7) is 1.50. The second-order valence-electron chi connectivity index (χ2n) is 24.9. The highest BCUT2D eigenvalue weighted by Crippen LogP contribution is 2.33. The van der Waals surface area contributed by atoms with Crippen molar-refractivity contribution < 1.29 is 89.4 Å². The van der Waals surface area contributed by atoms with Crippen molar-refractivity contribution in [3.05, 3.63) is 85.1 Å². The molecule has 0 aliphatic carbocycles. The Morgan fingerprint density at radius 1 is 0.407 bits per heavy atom. The van der Waals surface area contributed by atoms with Gasteiger partial charge in [0.2, 0.25) is 5.91 Å². The molecule has 91 heavy (non-hydrogen) atoms. The smallest absolute Gasteiger partial charge is 0.220 e. The van der Waals surface area contributed by atoms with E-state index in [0.29, 0.717) is 12.8 Å². The minimum atomic E-state index is -1.98. The van der Waals surface area contributed by atoms with Crippen molar-refractivity contribution in [1.29, 1.82) is 0 Å². The highest BCUT2D eigenvalue weighted by Gasteiger charge is 2.53. The topological polar surface area (TPSA) is 307 Å². The second kappa shape index (κ2) is 53.2. The van der Waals surface area contributed by atoms with Crippen LogP contribution in [0.25, 0.3) is 0 Å². The molecule has 0 aromatic carbocycles. The summed E-state index contributed by atoms with van der Waals surface area (Å²) in [5, 5.41) is 120. The van der Waals surface area contributed by atoms with Crippen molar-refractivity contribution in [2.75, 3.05) is 26.4 Å². The SMILES string of the molecule is CC/C=C\C/C=C\C/C=C\C/C=C\CCCCCCCCCCCCCCCCCCCCCCCCC(=O)NC(COC1OC(CO)C(OC2OC(CO)C(OC3OC(CO)C(O)C(O)C3O)C(O)C2O)C(O)C1O)C(O)/C=C/CC/C=C/CC/C=C/CCC. The number of hydrogen-bond acceptors (Lipinski definition) is 18. The minimum absolute atomic E-state index is 0.231. The predicted molar refractivity (Wildman–Crippen MR) is 355 cm³/mol. The number of allylic oxidation sites excluding steroid dienone is 13. The van der Waals surface area contributed by atoms with Crippen LogP contribution in [0.3, 0.4) is 0 Å². The molecule has 19 nitrogen and oxygen atoms in total. The number of ether oxygens (including phenoxy) is 6. The first-order valence-corrected chi connectivity index (χ1v) is 35.3. The van der Waals surface area contributed by atoms with Crippen LogP contribution < -0.4 is 5.32 Å². The van der Waals surface area contributed by atoms with Gasteiger partial charge in [0.25, 0.3) is 0 Å². The number of aliphatic hydroxyl groups is 11. The standard InChI is InChI=1S/C72H125NO18/c1-3-5-7-9-11-13-15-16-17-18-19-20-21-22-23-24-25-26-27-28-29-30-31-32-33-34-35-36-37-38-40-42-44-46-48-50-60(78)73-55(56(77)49-47-45-43-41-39-14-12-10-8-6-4-2)54-86-70-66(84)63(81)68(58(52-75)88-70)91-72-67(85)64(82)69(59(53-76)89-72)90-71-65(83)62(80)61(79)57(51-74)87-71/h5,7-8,10-11,13,16-17,19-20,39,41,47,49,55-59,61-72,74-77,79-85H,3-4,6,9,12,14-15,18,21-38,40,42-46,48,50-54H2,1-2H3,(H,73,78)/b7-5-,10-8+,13-11-,17-16-,20-19-,41-39+,49-47+. The van der Waals surface area contributed by atoms with E-state index in [-0.39, 0.29) is 18.9 Å². The van der Waals surface area contributed by atoms with Crippen LogP contribution in [0.1, 0.15) is 232 Å². The molecule has 3 fully saturated rings. The highest BCUT2D eigenvalue weighted by atomic mass is 16.8. The molecular weight excluding hydrogens is 1170 g/mol. The Morgan fingerprint density at radius 3 is 1.22 bits per heavy atom. The number of amides is 1. The van der Waals surface area contributed by atoms with Gasteiger partial charge >= 0.3 is 0 Å². The van der Waals surface area contributed by atoms with E-state index < -0.39 is 124 Å². The number of unbranched alkanes of at least 4 members (excludes halogenated alkanes) is 25. The summed E-state index contributed by atoms with van der Waals surface area (Å²) >= 11 is 0. The first-order chi connectivity index (χ1) is 44.3. The fourth-order valence-corrected chi connectivity index (χ4v) is 11.5. The molecule has 19 heteroatoms. The first-order valence-electron chi connectivity index (χ1n) is 35.3. The van der Waals surface area contributed by atoms with Gasteiger partial charge in [-0.25, -0.2) is 0 Å². The number of aliphatic hydroxyl groups excluding tert-OH is 11. The van der Waals surface area contributed by atoms with Crippen molar-refractivity contribution in [2.45, 2.75) is 336 Å². The molecule has 1 amide bonds. The first kappa shape index (κ1) is 82.2. The van der Waals surface area contributed by atoms with Crippen LogP contribution in [0.5, 0.6) is 0 Å². The number of carbonyl (C=O) groups is 1. The Bertz CT molecular complexity index is 1980. The number of hydrogen-bond donors (Lipinski definition) is 12. The van der Waals surface area contributed by atoms with Gasteiger partial charge in [0.15, 0.2) is 18.9 Å². The van der Waals surface area contributed by atoms with Gasteiger partial charge in [-0.15, -0.1) is 0 Å². The van der Waals surface area contributed by atoms with E-state index in [1.54, 1.807) is 6.08 Å². The van der Waals surface area contributed by atoms with E-state index in [0.717, 1.165) is 77.0 Å². The fourth-order valence-electron chi connectivity index (χ4n) is 11.5. The van der Waals surface area contributed by atoms with Crippen molar-refractivity contribution in [3.63, 3.8) is 0 Å². The van der Waals surface area contributed by atoms with Gasteiger partial charge in [0.1, 0.15) is 73.2 Å². The molecular formula is C72H125NO18. The van der Waals surface area contributed by atoms with E-state index in [1.807, 2.05) is 6.08 Å². The van der Waals surface area contributed by atoms with Crippen LogP contribution in [0, 0.1) is 0 Å². The molecule has 0 saturated carbocycles. The monoisotopic (exact) mass is 1290 g/mol. The third-order valence-corrected chi connectivity index (χ3v) is 17.1. The normalized spacial score (nSPS) is 28.4. The summed E-state index contributed by atoms with van der Waals surface area (Å²) in [4.78, 5) is 13.4.